The van der Waals surface area contributed by atoms with E-state index in [0.717, 1.165) is 36.0 Å². The normalized spacial score (nSPS) is 10.5. The Balaban J connectivity index is 2.01. The second kappa shape index (κ2) is 5.67. The van der Waals surface area contributed by atoms with Crippen molar-refractivity contribution in [2.75, 3.05) is 6.61 Å². The van der Waals surface area contributed by atoms with Crippen molar-refractivity contribution in [1.29, 1.82) is 0 Å². The fourth-order valence-corrected chi connectivity index (χ4v) is 1.72. The molecule has 0 amide bonds. The summed E-state index contributed by atoms with van der Waals surface area (Å²) in [5.74, 6) is 1.66. The van der Waals surface area contributed by atoms with E-state index in [1.165, 1.54) is 0 Å². The van der Waals surface area contributed by atoms with Crippen LogP contribution in [0, 0.1) is 6.92 Å². The molecule has 2 aromatic heterocycles. The van der Waals surface area contributed by atoms with E-state index in [9.17, 15) is 0 Å². The Morgan fingerprint density at radius 3 is 2.88 bits per heavy atom. The van der Waals surface area contributed by atoms with E-state index >= 15 is 0 Å². The van der Waals surface area contributed by atoms with Crippen LogP contribution >= 0.6 is 11.7 Å². The summed E-state index contributed by atoms with van der Waals surface area (Å²) >= 11 is 1.09. The number of aromatic nitrogens is 3. The van der Waals surface area contributed by atoms with Gasteiger partial charge >= 0.3 is 0 Å². The quantitative estimate of drug-likeness (QED) is 0.803. The summed E-state index contributed by atoms with van der Waals surface area (Å²) in [4.78, 5) is 3.04. The fourth-order valence-electron chi connectivity index (χ4n) is 1.29. The van der Waals surface area contributed by atoms with E-state index in [0.29, 0.717) is 18.4 Å². The Morgan fingerprint density at radius 2 is 2.18 bits per heavy atom. The Bertz CT molecular complexity index is 467. The van der Waals surface area contributed by atoms with Crippen molar-refractivity contribution < 1.29 is 9.47 Å². The van der Waals surface area contributed by atoms with Crippen LogP contribution < -0.4 is 9.47 Å². The van der Waals surface area contributed by atoms with E-state index in [-0.39, 0.29) is 0 Å². The number of nitrogens with one attached hydrogen (secondary N) is 1. The first-order valence-electron chi connectivity index (χ1n) is 5.58. The molecule has 6 heteroatoms. The number of aryl methyl sites for hydroxylation is 1. The molecule has 1 N–H and O–H groups in total. The summed E-state index contributed by atoms with van der Waals surface area (Å²) in [6, 6.07) is 1.85. The number of aromatic amines is 1. The third-order valence-electron chi connectivity index (χ3n) is 2.28. The van der Waals surface area contributed by atoms with Gasteiger partial charge in [-0.3, -0.25) is 0 Å². The van der Waals surface area contributed by atoms with Crippen LogP contribution in [0.15, 0.2) is 12.3 Å². The number of hydrogen-bond donors (Lipinski definition) is 1. The van der Waals surface area contributed by atoms with E-state index in [1.807, 2.05) is 19.2 Å². The average Bonchev–Trinajstić information content (AvgIpc) is 2.91. The topological polar surface area (TPSA) is 60.0 Å². The molecule has 2 aromatic rings. The molecule has 0 saturated heterocycles. The minimum atomic E-state index is 0.439. The summed E-state index contributed by atoms with van der Waals surface area (Å²) in [6.07, 6.45) is 3.91. The van der Waals surface area contributed by atoms with Gasteiger partial charge in [0.2, 0.25) is 0 Å². The third kappa shape index (κ3) is 2.97. The predicted molar refractivity (Wildman–Crippen MR) is 65.9 cm³/mol. The van der Waals surface area contributed by atoms with Gasteiger partial charge in [-0.05, 0) is 19.4 Å². The van der Waals surface area contributed by atoms with Crippen LogP contribution in [0.3, 0.4) is 0 Å². The molecule has 0 spiro atoms. The van der Waals surface area contributed by atoms with Gasteiger partial charge in [-0.25, -0.2) is 0 Å². The van der Waals surface area contributed by atoms with Gasteiger partial charge in [-0.2, -0.15) is 0 Å². The lowest BCUT2D eigenvalue weighted by atomic mass is 10.4. The number of rotatable bonds is 6. The highest BCUT2D eigenvalue weighted by atomic mass is 32.1. The minimum absolute atomic E-state index is 0.439. The largest absolute Gasteiger partial charge is 0.473 e. The molecule has 0 aliphatic carbocycles. The second-order valence-corrected chi connectivity index (χ2v) is 4.17. The number of hydrogen-bond acceptors (Lipinski definition) is 5. The fraction of sp³-hybridized carbons (Fsp3) is 0.455. The van der Waals surface area contributed by atoms with Gasteiger partial charge in [0.05, 0.1) is 24.0 Å². The molecule has 0 atom stereocenters. The Hall–Kier alpha value is -1.56. The maximum atomic E-state index is 5.63. The maximum Gasteiger partial charge on any atom is 0.296 e. The zero-order valence-electron chi connectivity index (χ0n) is 9.90. The van der Waals surface area contributed by atoms with Crippen molar-refractivity contribution in [1.82, 2.24) is 13.7 Å². The summed E-state index contributed by atoms with van der Waals surface area (Å²) in [5.41, 5.74) is 0.956. The smallest absolute Gasteiger partial charge is 0.296 e. The summed E-state index contributed by atoms with van der Waals surface area (Å²) < 4.78 is 19.3. The van der Waals surface area contributed by atoms with Crippen LogP contribution in [0.4, 0.5) is 0 Å². The van der Waals surface area contributed by atoms with Crippen molar-refractivity contribution >= 4 is 11.7 Å². The zero-order chi connectivity index (χ0) is 12.1. The minimum Gasteiger partial charge on any atom is -0.473 e. The molecule has 17 heavy (non-hydrogen) atoms. The van der Waals surface area contributed by atoms with Crippen molar-refractivity contribution in [2.24, 2.45) is 0 Å². The summed E-state index contributed by atoms with van der Waals surface area (Å²) in [5, 5.41) is 0. The lowest BCUT2D eigenvalue weighted by molar-refractivity contribution is 0.285. The van der Waals surface area contributed by atoms with Gasteiger partial charge in [0.1, 0.15) is 5.75 Å². The SMILES string of the molecule is CCCCOc1nsnc1Oc1cc[nH]c1C. The Labute approximate surface area is 104 Å². The molecule has 0 bridgehead atoms. The Kier molecular flexibility index (Phi) is 3.98. The third-order valence-corrected chi connectivity index (χ3v) is 2.77. The molecule has 0 fully saturated rings. The number of ether oxygens (including phenoxy) is 2. The van der Waals surface area contributed by atoms with Gasteiger partial charge in [-0.1, -0.05) is 13.3 Å². The van der Waals surface area contributed by atoms with Crippen LogP contribution in [0.1, 0.15) is 25.5 Å². The maximum absolute atomic E-state index is 5.63. The van der Waals surface area contributed by atoms with Gasteiger partial charge in [-0.15, -0.1) is 8.75 Å². The van der Waals surface area contributed by atoms with Crippen molar-refractivity contribution in [3.8, 4) is 17.5 Å². The average molecular weight is 253 g/mol. The monoisotopic (exact) mass is 253 g/mol. The van der Waals surface area contributed by atoms with E-state index in [2.05, 4.69) is 20.7 Å². The molecule has 0 aliphatic heterocycles. The highest BCUT2D eigenvalue weighted by Crippen LogP contribution is 2.30. The Morgan fingerprint density at radius 1 is 1.35 bits per heavy atom. The molecule has 2 rings (SSSR count). The van der Waals surface area contributed by atoms with E-state index < -0.39 is 0 Å². The van der Waals surface area contributed by atoms with E-state index in [4.69, 9.17) is 9.47 Å². The second-order valence-electron chi connectivity index (χ2n) is 3.65. The number of H-pyrrole nitrogens is 1. The molecule has 2 heterocycles. The van der Waals surface area contributed by atoms with Crippen LogP contribution in [0.2, 0.25) is 0 Å². The molecule has 0 radical (unpaired) electrons. The van der Waals surface area contributed by atoms with Crippen molar-refractivity contribution in [3.63, 3.8) is 0 Å². The summed E-state index contributed by atoms with van der Waals surface area (Å²) in [6.45, 7) is 4.69. The first-order valence-corrected chi connectivity index (χ1v) is 6.31. The standard InChI is InChI=1S/C11H15N3O2S/c1-3-4-7-15-10-11(14-17-13-10)16-9-5-6-12-8(9)2/h5-6,12H,3-4,7H2,1-2H3. The molecule has 92 valence electrons. The number of nitrogens with zero attached hydrogens (tertiary/aromatic N) is 2. The zero-order valence-corrected chi connectivity index (χ0v) is 10.7. The van der Waals surface area contributed by atoms with Gasteiger partial charge < -0.3 is 14.5 Å². The molecule has 0 saturated carbocycles. The number of unbranched alkanes of at least 4 members (excludes halogenated alkanes) is 1. The predicted octanol–water partition coefficient (Wildman–Crippen LogP) is 3.15. The first kappa shape index (κ1) is 11.9. The van der Waals surface area contributed by atoms with Crippen LogP contribution in [-0.2, 0) is 0 Å². The van der Waals surface area contributed by atoms with Gasteiger partial charge in [0.25, 0.3) is 11.8 Å². The molecular formula is C11H15N3O2S. The highest BCUT2D eigenvalue weighted by Gasteiger charge is 2.13. The first-order chi connectivity index (χ1) is 8.31. The molecular weight excluding hydrogens is 238 g/mol. The van der Waals surface area contributed by atoms with Crippen LogP contribution in [0.5, 0.6) is 17.5 Å². The molecule has 5 nitrogen and oxygen atoms in total. The van der Waals surface area contributed by atoms with Crippen molar-refractivity contribution in [3.05, 3.63) is 18.0 Å². The lowest BCUT2D eigenvalue weighted by Gasteiger charge is -2.04. The molecule has 0 unspecified atom stereocenters. The van der Waals surface area contributed by atoms with Crippen molar-refractivity contribution in [2.45, 2.75) is 26.7 Å². The van der Waals surface area contributed by atoms with Gasteiger partial charge in [0.15, 0.2) is 0 Å². The highest BCUT2D eigenvalue weighted by molar-refractivity contribution is 6.99. The lowest BCUT2D eigenvalue weighted by Crippen LogP contribution is -1.98. The van der Waals surface area contributed by atoms with E-state index in [1.54, 1.807) is 0 Å². The molecule has 0 aromatic carbocycles. The van der Waals surface area contributed by atoms with Crippen LogP contribution in [-0.4, -0.2) is 20.3 Å². The van der Waals surface area contributed by atoms with Gasteiger partial charge in [0, 0.05) is 6.20 Å². The summed E-state index contributed by atoms with van der Waals surface area (Å²) in [7, 11) is 0. The van der Waals surface area contributed by atoms with Crippen LogP contribution in [0.25, 0.3) is 0 Å². The molecule has 0 aliphatic rings.